The van der Waals surface area contributed by atoms with Gasteiger partial charge in [0.1, 0.15) is 6.61 Å². The molecule has 14 heavy (non-hydrogen) atoms. The molecule has 0 saturated heterocycles. The molecular formula is C11H13NO2. The zero-order chi connectivity index (χ0) is 10.2. The fourth-order valence-electron chi connectivity index (χ4n) is 0.944. The first-order chi connectivity index (χ1) is 6.83. The van der Waals surface area contributed by atoms with Crippen molar-refractivity contribution < 1.29 is 9.53 Å². The number of carbonyl (C=O) groups is 1. The smallest absolute Gasteiger partial charge is 0.407 e. The number of rotatable bonds is 3. The van der Waals surface area contributed by atoms with Crippen LogP contribution in [-0.2, 0) is 4.74 Å². The summed E-state index contributed by atoms with van der Waals surface area (Å²) >= 11 is 0. The first-order valence-corrected chi connectivity index (χ1v) is 4.39. The van der Waals surface area contributed by atoms with Gasteiger partial charge in [0.05, 0.1) is 0 Å². The zero-order valence-corrected chi connectivity index (χ0v) is 8.07. The van der Waals surface area contributed by atoms with Crippen molar-refractivity contribution in [3.63, 3.8) is 0 Å². The third-order valence-electron chi connectivity index (χ3n) is 1.62. The summed E-state index contributed by atoms with van der Waals surface area (Å²) in [5.74, 6) is 0. The zero-order valence-electron chi connectivity index (χ0n) is 8.07. The Labute approximate surface area is 83.4 Å². The van der Waals surface area contributed by atoms with Gasteiger partial charge in [-0.3, -0.25) is 0 Å². The maximum Gasteiger partial charge on any atom is 0.407 e. The van der Waals surface area contributed by atoms with Gasteiger partial charge in [-0.2, -0.15) is 0 Å². The van der Waals surface area contributed by atoms with Gasteiger partial charge in [0.2, 0.25) is 0 Å². The van der Waals surface area contributed by atoms with E-state index in [-0.39, 0.29) is 6.61 Å². The van der Waals surface area contributed by atoms with Crippen LogP contribution < -0.4 is 5.32 Å². The largest absolute Gasteiger partial charge is 0.445 e. The lowest BCUT2D eigenvalue weighted by molar-refractivity contribution is 0.161. The lowest BCUT2D eigenvalue weighted by Crippen LogP contribution is -2.18. The molecule has 0 saturated carbocycles. The Morgan fingerprint density at radius 3 is 2.79 bits per heavy atom. The van der Waals surface area contributed by atoms with Gasteiger partial charge in [0.25, 0.3) is 0 Å². The van der Waals surface area contributed by atoms with Crippen LogP contribution in [0.3, 0.4) is 0 Å². The maximum absolute atomic E-state index is 10.7. The highest BCUT2D eigenvalue weighted by molar-refractivity contribution is 5.66. The molecular weight excluding hydrogens is 178 g/mol. The van der Waals surface area contributed by atoms with E-state index in [2.05, 4.69) is 5.32 Å². The van der Waals surface area contributed by atoms with Crippen molar-refractivity contribution in [2.45, 2.75) is 0 Å². The number of alkyl carbamates (subject to hydrolysis) is 1. The first kappa shape index (κ1) is 10.3. The van der Waals surface area contributed by atoms with E-state index in [1.165, 1.54) is 7.05 Å². The van der Waals surface area contributed by atoms with Crippen LogP contribution in [-0.4, -0.2) is 19.7 Å². The fraction of sp³-hybridized carbons (Fsp3) is 0.182. The Morgan fingerprint density at radius 1 is 1.43 bits per heavy atom. The molecule has 3 heteroatoms. The molecule has 1 N–H and O–H groups in total. The van der Waals surface area contributed by atoms with Crippen LogP contribution in [0.25, 0.3) is 6.08 Å². The highest BCUT2D eigenvalue weighted by atomic mass is 16.5. The summed E-state index contributed by atoms with van der Waals surface area (Å²) in [6.45, 7) is 0.286. The average Bonchev–Trinajstić information content (AvgIpc) is 2.25. The number of benzene rings is 1. The molecule has 0 aliphatic rings. The Balaban J connectivity index is 2.31. The summed E-state index contributed by atoms with van der Waals surface area (Å²) in [6, 6.07) is 9.84. The summed E-state index contributed by atoms with van der Waals surface area (Å²) < 4.78 is 4.78. The second kappa shape index (κ2) is 5.80. The van der Waals surface area contributed by atoms with Crippen molar-refractivity contribution in [2.24, 2.45) is 0 Å². The first-order valence-electron chi connectivity index (χ1n) is 4.39. The van der Waals surface area contributed by atoms with Gasteiger partial charge in [-0.15, -0.1) is 0 Å². The van der Waals surface area contributed by atoms with Crippen LogP contribution in [0.1, 0.15) is 5.56 Å². The van der Waals surface area contributed by atoms with Crippen molar-refractivity contribution in [3.8, 4) is 0 Å². The van der Waals surface area contributed by atoms with E-state index < -0.39 is 6.09 Å². The minimum Gasteiger partial charge on any atom is -0.445 e. The van der Waals surface area contributed by atoms with Gasteiger partial charge in [-0.05, 0) is 11.6 Å². The monoisotopic (exact) mass is 191 g/mol. The summed E-state index contributed by atoms with van der Waals surface area (Å²) in [4.78, 5) is 10.7. The van der Waals surface area contributed by atoms with Gasteiger partial charge in [0, 0.05) is 7.05 Å². The van der Waals surface area contributed by atoms with E-state index in [9.17, 15) is 4.79 Å². The molecule has 0 aromatic heterocycles. The van der Waals surface area contributed by atoms with Crippen LogP contribution in [0.4, 0.5) is 4.79 Å². The molecule has 0 unspecified atom stereocenters. The highest BCUT2D eigenvalue weighted by Gasteiger charge is 1.92. The Morgan fingerprint density at radius 2 is 2.14 bits per heavy atom. The summed E-state index contributed by atoms with van der Waals surface area (Å²) in [5, 5.41) is 2.37. The summed E-state index contributed by atoms with van der Waals surface area (Å²) in [6.07, 6.45) is 3.29. The van der Waals surface area contributed by atoms with E-state index in [0.29, 0.717) is 0 Å². The lowest BCUT2D eigenvalue weighted by Gasteiger charge is -1.98. The number of amides is 1. The topological polar surface area (TPSA) is 38.3 Å². The second-order valence-electron chi connectivity index (χ2n) is 2.66. The minimum atomic E-state index is -0.414. The maximum atomic E-state index is 10.7. The standard InChI is InChI=1S/C11H13NO2/c1-12-11(13)14-9-5-8-10-6-3-2-4-7-10/h2-8H,9H2,1H3,(H,12,13)/b8-5-. The molecule has 74 valence electrons. The third kappa shape index (κ3) is 3.76. The van der Waals surface area contributed by atoms with Crippen molar-refractivity contribution in [1.82, 2.24) is 5.32 Å². The van der Waals surface area contributed by atoms with Gasteiger partial charge < -0.3 is 10.1 Å². The molecule has 0 bridgehead atoms. The number of ether oxygens (including phenoxy) is 1. The molecule has 1 rings (SSSR count). The van der Waals surface area contributed by atoms with Crippen LogP contribution in [0.15, 0.2) is 36.4 Å². The number of hydrogen-bond acceptors (Lipinski definition) is 2. The van der Waals surface area contributed by atoms with Gasteiger partial charge >= 0.3 is 6.09 Å². The molecule has 1 aromatic rings. The molecule has 0 spiro atoms. The summed E-state index contributed by atoms with van der Waals surface area (Å²) in [7, 11) is 1.53. The normalized spacial score (nSPS) is 10.1. The van der Waals surface area contributed by atoms with Gasteiger partial charge in [-0.1, -0.05) is 36.4 Å². The quantitative estimate of drug-likeness (QED) is 0.794. The predicted octanol–water partition coefficient (Wildman–Crippen LogP) is 2.06. The van der Waals surface area contributed by atoms with Crippen LogP contribution >= 0.6 is 0 Å². The van der Waals surface area contributed by atoms with E-state index in [0.717, 1.165) is 5.56 Å². The van der Waals surface area contributed by atoms with Gasteiger partial charge in [0.15, 0.2) is 0 Å². The lowest BCUT2D eigenvalue weighted by atomic mass is 10.2. The van der Waals surface area contributed by atoms with E-state index in [1.807, 2.05) is 36.4 Å². The number of nitrogens with one attached hydrogen (secondary N) is 1. The van der Waals surface area contributed by atoms with E-state index in [4.69, 9.17) is 4.74 Å². The Bertz CT molecular complexity index is 306. The molecule has 3 nitrogen and oxygen atoms in total. The van der Waals surface area contributed by atoms with Crippen LogP contribution in [0, 0.1) is 0 Å². The van der Waals surface area contributed by atoms with Crippen LogP contribution in [0.2, 0.25) is 0 Å². The molecule has 0 heterocycles. The Kier molecular flexibility index (Phi) is 4.27. The van der Waals surface area contributed by atoms with Crippen molar-refractivity contribution in [2.75, 3.05) is 13.7 Å². The van der Waals surface area contributed by atoms with Gasteiger partial charge in [-0.25, -0.2) is 4.79 Å². The minimum absolute atomic E-state index is 0.286. The van der Waals surface area contributed by atoms with E-state index in [1.54, 1.807) is 6.08 Å². The molecule has 0 atom stereocenters. The molecule has 0 aliphatic heterocycles. The molecule has 1 aromatic carbocycles. The van der Waals surface area contributed by atoms with Crippen molar-refractivity contribution >= 4 is 12.2 Å². The highest BCUT2D eigenvalue weighted by Crippen LogP contribution is 2.00. The third-order valence-corrected chi connectivity index (χ3v) is 1.62. The molecule has 0 radical (unpaired) electrons. The SMILES string of the molecule is CNC(=O)OC/C=C\c1ccccc1. The number of hydrogen-bond donors (Lipinski definition) is 1. The number of carbonyl (C=O) groups excluding carboxylic acids is 1. The van der Waals surface area contributed by atoms with E-state index >= 15 is 0 Å². The second-order valence-corrected chi connectivity index (χ2v) is 2.66. The van der Waals surface area contributed by atoms with Crippen molar-refractivity contribution in [1.29, 1.82) is 0 Å². The van der Waals surface area contributed by atoms with Crippen molar-refractivity contribution in [3.05, 3.63) is 42.0 Å². The molecule has 0 fully saturated rings. The molecule has 0 aliphatic carbocycles. The Hall–Kier alpha value is -1.77. The average molecular weight is 191 g/mol. The summed E-state index contributed by atoms with van der Waals surface area (Å²) in [5.41, 5.74) is 1.09. The molecule has 1 amide bonds. The fourth-order valence-corrected chi connectivity index (χ4v) is 0.944. The van der Waals surface area contributed by atoms with Crippen LogP contribution in [0.5, 0.6) is 0 Å². The predicted molar refractivity (Wildman–Crippen MR) is 55.9 cm³/mol.